The van der Waals surface area contributed by atoms with Crippen molar-refractivity contribution >= 4 is 13.8 Å². The molecule has 9 nitrogen and oxygen atoms in total. The summed E-state index contributed by atoms with van der Waals surface area (Å²) in [6, 6.07) is 0. The van der Waals surface area contributed by atoms with Crippen molar-refractivity contribution in [1.29, 1.82) is 0 Å². The predicted octanol–water partition coefficient (Wildman–Crippen LogP) is 12.5. The first-order chi connectivity index (χ1) is 26.3. The molecule has 0 aliphatic carbocycles. The van der Waals surface area contributed by atoms with Crippen LogP contribution in [0.5, 0.6) is 0 Å². The van der Waals surface area contributed by atoms with Gasteiger partial charge in [0, 0.05) is 13.0 Å². The van der Waals surface area contributed by atoms with Gasteiger partial charge in [-0.15, -0.1) is 0 Å². The van der Waals surface area contributed by atoms with Crippen molar-refractivity contribution in [3.63, 3.8) is 0 Å². The first kappa shape index (κ1) is 53.2. The number of carbonyl (C=O) groups is 1. The number of esters is 1. The van der Waals surface area contributed by atoms with Crippen molar-refractivity contribution in [2.75, 3.05) is 33.0 Å². The molecular formula is C44H87O9P. The number of ether oxygens (including phenoxy) is 2. The molecule has 0 aromatic rings. The van der Waals surface area contributed by atoms with E-state index in [0.717, 1.165) is 44.9 Å². The largest absolute Gasteiger partial charge is 0.472 e. The summed E-state index contributed by atoms with van der Waals surface area (Å²) in [6.45, 7) is 3.53. The maximum Gasteiger partial charge on any atom is 0.472 e. The molecule has 0 bridgehead atoms. The van der Waals surface area contributed by atoms with Gasteiger partial charge in [0.05, 0.1) is 26.4 Å². The van der Waals surface area contributed by atoms with Crippen molar-refractivity contribution in [2.24, 2.45) is 0 Å². The molecule has 0 saturated carbocycles. The minimum Gasteiger partial charge on any atom is -0.457 e. The quantitative estimate of drug-likeness (QED) is 0.0239. The van der Waals surface area contributed by atoms with E-state index in [1.165, 1.54) is 154 Å². The molecule has 3 unspecified atom stereocenters. The van der Waals surface area contributed by atoms with Crippen LogP contribution in [0.15, 0.2) is 12.2 Å². The molecule has 3 N–H and O–H groups in total. The zero-order valence-electron chi connectivity index (χ0n) is 35.2. The van der Waals surface area contributed by atoms with Crippen LogP contribution >= 0.6 is 7.82 Å². The Morgan fingerprint density at radius 1 is 0.556 bits per heavy atom. The standard InChI is InChI=1S/C44H87O9P/c1-3-5-7-9-11-13-15-17-19-20-21-22-23-24-26-28-30-32-34-36-44(47)53-43(41-52-54(48,49)51-39-42(46)38-45)40-50-37-35-33-31-29-27-25-18-16-14-12-10-8-6-4-2/h14,16,42-43,45-46H,3-13,15,17-41H2,1-2H3,(H,48,49)/b16-14-. The van der Waals surface area contributed by atoms with Crippen molar-refractivity contribution in [3.05, 3.63) is 12.2 Å². The highest BCUT2D eigenvalue weighted by atomic mass is 31.2. The Morgan fingerprint density at radius 3 is 1.41 bits per heavy atom. The first-order valence-electron chi connectivity index (χ1n) is 22.7. The topological polar surface area (TPSA) is 132 Å². The molecule has 0 saturated heterocycles. The third kappa shape index (κ3) is 40.9. The minimum atomic E-state index is -4.51. The molecule has 10 heteroatoms. The van der Waals surface area contributed by atoms with Crippen LogP contribution in [0.2, 0.25) is 0 Å². The zero-order chi connectivity index (χ0) is 39.6. The molecule has 0 rings (SSSR count). The number of unbranched alkanes of at least 4 members (excludes halogenated alkanes) is 28. The second-order valence-electron chi connectivity index (χ2n) is 15.4. The lowest BCUT2D eigenvalue weighted by Gasteiger charge is -2.20. The molecule has 0 radical (unpaired) electrons. The van der Waals surface area contributed by atoms with Gasteiger partial charge >= 0.3 is 13.8 Å². The summed E-state index contributed by atoms with van der Waals surface area (Å²) < 4.78 is 33.4. The normalized spacial score (nSPS) is 14.1. The van der Waals surface area contributed by atoms with Gasteiger partial charge in [-0.1, -0.05) is 187 Å². The molecule has 322 valence electrons. The molecule has 54 heavy (non-hydrogen) atoms. The van der Waals surface area contributed by atoms with Crippen LogP contribution < -0.4 is 0 Å². The van der Waals surface area contributed by atoms with Gasteiger partial charge < -0.3 is 24.6 Å². The summed E-state index contributed by atoms with van der Waals surface area (Å²) in [5.74, 6) is -0.380. The maximum absolute atomic E-state index is 12.6. The number of carbonyl (C=O) groups excluding carboxylic acids is 1. The third-order valence-corrected chi connectivity index (χ3v) is 10.9. The zero-order valence-corrected chi connectivity index (χ0v) is 36.1. The van der Waals surface area contributed by atoms with E-state index in [2.05, 4.69) is 26.0 Å². The molecule has 0 heterocycles. The van der Waals surface area contributed by atoms with E-state index in [1.807, 2.05) is 0 Å². The van der Waals surface area contributed by atoms with Gasteiger partial charge in [-0.2, -0.15) is 0 Å². The number of phosphoric ester groups is 1. The molecular weight excluding hydrogens is 703 g/mol. The molecule has 0 spiro atoms. The van der Waals surface area contributed by atoms with Gasteiger partial charge in [-0.25, -0.2) is 4.57 Å². The average Bonchev–Trinajstić information content (AvgIpc) is 3.16. The van der Waals surface area contributed by atoms with Crippen LogP contribution in [0.1, 0.15) is 219 Å². The monoisotopic (exact) mass is 791 g/mol. The van der Waals surface area contributed by atoms with Gasteiger partial charge in [0.2, 0.25) is 0 Å². The van der Waals surface area contributed by atoms with E-state index < -0.39 is 33.2 Å². The van der Waals surface area contributed by atoms with Crippen LogP contribution in [0, 0.1) is 0 Å². The second kappa shape index (κ2) is 41.8. The molecule has 0 aromatic carbocycles. The highest BCUT2D eigenvalue weighted by molar-refractivity contribution is 7.47. The van der Waals surface area contributed by atoms with Crippen LogP contribution in [0.4, 0.5) is 0 Å². The lowest BCUT2D eigenvalue weighted by molar-refractivity contribution is -0.154. The Hall–Kier alpha value is -0.800. The van der Waals surface area contributed by atoms with Crippen LogP contribution in [-0.2, 0) is 27.9 Å². The van der Waals surface area contributed by atoms with E-state index in [1.54, 1.807) is 0 Å². The van der Waals surface area contributed by atoms with Crippen molar-refractivity contribution in [3.8, 4) is 0 Å². The van der Waals surface area contributed by atoms with Crippen molar-refractivity contribution < 1.29 is 43.0 Å². The van der Waals surface area contributed by atoms with Crippen molar-refractivity contribution in [2.45, 2.75) is 232 Å². The Kier molecular flexibility index (Phi) is 41.2. The molecule has 3 atom stereocenters. The molecule has 0 aliphatic rings. The third-order valence-electron chi connectivity index (χ3n) is 9.95. The predicted molar refractivity (Wildman–Crippen MR) is 224 cm³/mol. The molecule has 0 aliphatic heterocycles. The highest BCUT2D eigenvalue weighted by Gasteiger charge is 2.26. The summed E-state index contributed by atoms with van der Waals surface area (Å²) in [7, 11) is -4.51. The summed E-state index contributed by atoms with van der Waals surface area (Å²) in [5.41, 5.74) is 0. The summed E-state index contributed by atoms with van der Waals surface area (Å²) in [4.78, 5) is 22.6. The average molecular weight is 791 g/mol. The van der Waals surface area contributed by atoms with Gasteiger partial charge in [-0.3, -0.25) is 13.8 Å². The Balaban J connectivity index is 4.10. The number of rotatable bonds is 44. The SMILES string of the molecule is CCCCCC/C=C\CCCCCCCCOCC(COP(=O)(O)OCC(O)CO)OC(=O)CCCCCCCCCCCCCCCCCCCCC. The Bertz CT molecular complexity index is 856. The number of aliphatic hydroxyl groups excluding tert-OH is 2. The summed E-state index contributed by atoms with van der Waals surface area (Å²) in [6.07, 6.45) is 41.7. The summed E-state index contributed by atoms with van der Waals surface area (Å²) >= 11 is 0. The maximum atomic E-state index is 12.6. The lowest BCUT2D eigenvalue weighted by atomic mass is 10.0. The van der Waals surface area contributed by atoms with E-state index >= 15 is 0 Å². The van der Waals surface area contributed by atoms with E-state index in [0.29, 0.717) is 6.61 Å². The smallest absolute Gasteiger partial charge is 0.457 e. The highest BCUT2D eigenvalue weighted by Crippen LogP contribution is 2.43. The number of hydrogen-bond acceptors (Lipinski definition) is 8. The fraction of sp³-hybridized carbons (Fsp3) is 0.932. The number of hydrogen-bond donors (Lipinski definition) is 3. The second-order valence-corrected chi connectivity index (χ2v) is 16.9. The Morgan fingerprint density at radius 2 is 0.944 bits per heavy atom. The van der Waals surface area contributed by atoms with Crippen molar-refractivity contribution in [1.82, 2.24) is 0 Å². The van der Waals surface area contributed by atoms with E-state index in [4.69, 9.17) is 23.6 Å². The van der Waals surface area contributed by atoms with Gasteiger partial charge in [0.25, 0.3) is 0 Å². The fourth-order valence-electron chi connectivity index (χ4n) is 6.47. The van der Waals surface area contributed by atoms with Gasteiger partial charge in [-0.05, 0) is 38.5 Å². The van der Waals surface area contributed by atoms with Crippen LogP contribution in [0.3, 0.4) is 0 Å². The molecule has 0 fully saturated rings. The first-order valence-corrected chi connectivity index (χ1v) is 24.2. The molecule has 0 aromatic heterocycles. The van der Waals surface area contributed by atoms with Gasteiger partial charge in [0.15, 0.2) is 0 Å². The number of allylic oxidation sites excluding steroid dienone is 2. The number of aliphatic hydroxyl groups is 2. The van der Waals surface area contributed by atoms with Crippen LogP contribution in [-0.4, -0.2) is 66.3 Å². The molecule has 0 amide bonds. The van der Waals surface area contributed by atoms with Crippen LogP contribution in [0.25, 0.3) is 0 Å². The summed E-state index contributed by atoms with van der Waals surface area (Å²) in [5, 5.41) is 18.3. The fourth-order valence-corrected chi connectivity index (χ4v) is 7.26. The van der Waals surface area contributed by atoms with Gasteiger partial charge in [0.1, 0.15) is 12.2 Å². The Labute approximate surface area is 332 Å². The van der Waals surface area contributed by atoms with E-state index in [9.17, 15) is 19.4 Å². The number of phosphoric acid groups is 1. The van der Waals surface area contributed by atoms with E-state index in [-0.39, 0.29) is 25.6 Å². The lowest BCUT2D eigenvalue weighted by Crippen LogP contribution is -2.29. The minimum absolute atomic E-state index is 0.0506.